The van der Waals surface area contributed by atoms with E-state index in [1.54, 1.807) is 43.4 Å². The predicted octanol–water partition coefficient (Wildman–Crippen LogP) is 3.28. The second-order valence-electron chi connectivity index (χ2n) is 7.06. The number of likely N-dealkylation sites (N-methyl/N-ethyl adjacent to an activating group) is 1. The molecular formula is C22H25FN2O3. The van der Waals surface area contributed by atoms with E-state index in [1.165, 1.54) is 24.1 Å². The van der Waals surface area contributed by atoms with Gasteiger partial charge in [-0.15, -0.1) is 0 Å². The van der Waals surface area contributed by atoms with Gasteiger partial charge in [0.1, 0.15) is 5.82 Å². The number of rotatable bonds is 6. The third-order valence-electron chi connectivity index (χ3n) is 5.27. The molecule has 3 rings (SSSR count). The first kappa shape index (κ1) is 20.0. The molecule has 2 aromatic rings. The van der Waals surface area contributed by atoms with E-state index in [4.69, 9.17) is 4.74 Å². The van der Waals surface area contributed by atoms with Crippen LogP contribution in [-0.4, -0.2) is 50.1 Å². The van der Waals surface area contributed by atoms with Gasteiger partial charge in [-0.05, 0) is 55.6 Å². The number of halogens is 1. The van der Waals surface area contributed by atoms with Gasteiger partial charge in [0.25, 0.3) is 0 Å². The van der Waals surface area contributed by atoms with Crippen LogP contribution in [0.25, 0.3) is 0 Å². The molecule has 148 valence electrons. The zero-order valence-electron chi connectivity index (χ0n) is 16.2. The Morgan fingerprint density at radius 3 is 2.61 bits per heavy atom. The third kappa shape index (κ3) is 4.57. The summed E-state index contributed by atoms with van der Waals surface area (Å²) in [6.45, 7) is 1.13. The van der Waals surface area contributed by atoms with Crippen molar-refractivity contribution in [2.75, 3.05) is 32.1 Å². The van der Waals surface area contributed by atoms with Crippen molar-refractivity contribution in [1.82, 2.24) is 4.90 Å². The van der Waals surface area contributed by atoms with Gasteiger partial charge in [0.15, 0.2) is 0 Å². The molecule has 0 spiro atoms. The van der Waals surface area contributed by atoms with E-state index in [0.29, 0.717) is 11.3 Å². The van der Waals surface area contributed by atoms with E-state index in [2.05, 4.69) is 4.90 Å². The molecule has 1 aliphatic heterocycles. The number of para-hydroxylation sites is 1. The summed E-state index contributed by atoms with van der Waals surface area (Å²) in [6.07, 6.45) is 2.82. The van der Waals surface area contributed by atoms with Crippen LogP contribution < -0.4 is 4.90 Å². The Morgan fingerprint density at radius 1 is 1.18 bits per heavy atom. The fourth-order valence-corrected chi connectivity index (χ4v) is 3.69. The van der Waals surface area contributed by atoms with Gasteiger partial charge in [-0.3, -0.25) is 9.69 Å². The molecule has 1 unspecified atom stereocenters. The minimum absolute atomic E-state index is 0.0811. The van der Waals surface area contributed by atoms with Crippen LogP contribution in [0.1, 0.15) is 28.8 Å². The SMILES string of the molecule is COC(=O)c1ccccc1N(C)C(=O)CN1CCCC1Cc1ccc(F)cc1. The van der Waals surface area contributed by atoms with Gasteiger partial charge in [0, 0.05) is 13.1 Å². The van der Waals surface area contributed by atoms with Crippen LogP contribution in [0.3, 0.4) is 0 Å². The summed E-state index contributed by atoms with van der Waals surface area (Å²) in [5, 5.41) is 0. The molecule has 2 aromatic carbocycles. The van der Waals surface area contributed by atoms with E-state index in [1.807, 2.05) is 0 Å². The van der Waals surface area contributed by atoms with E-state index in [0.717, 1.165) is 31.4 Å². The summed E-state index contributed by atoms with van der Waals surface area (Å²) in [6, 6.07) is 13.7. The maximum Gasteiger partial charge on any atom is 0.339 e. The summed E-state index contributed by atoms with van der Waals surface area (Å²) >= 11 is 0. The van der Waals surface area contributed by atoms with Crippen LogP contribution in [0.2, 0.25) is 0 Å². The average molecular weight is 384 g/mol. The van der Waals surface area contributed by atoms with Crippen molar-refractivity contribution >= 4 is 17.6 Å². The first-order valence-electron chi connectivity index (χ1n) is 9.42. The fourth-order valence-electron chi connectivity index (χ4n) is 3.69. The highest BCUT2D eigenvalue weighted by molar-refractivity contribution is 6.02. The Balaban J connectivity index is 1.68. The summed E-state index contributed by atoms with van der Waals surface area (Å²) in [5.74, 6) is -0.791. The average Bonchev–Trinajstić information content (AvgIpc) is 3.15. The highest BCUT2D eigenvalue weighted by atomic mass is 19.1. The zero-order chi connectivity index (χ0) is 20.1. The number of carbonyl (C=O) groups is 2. The third-order valence-corrected chi connectivity index (χ3v) is 5.27. The van der Waals surface area contributed by atoms with E-state index < -0.39 is 5.97 Å². The number of nitrogens with zero attached hydrogens (tertiary/aromatic N) is 2. The molecule has 1 fully saturated rings. The van der Waals surface area contributed by atoms with Crippen molar-refractivity contribution in [3.8, 4) is 0 Å². The van der Waals surface area contributed by atoms with Crippen LogP contribution in [0.15, 0.2) is 48.5 Å². The van der Waals surface area contributed by atoms with Crippen LogP contribution >= 0.6 is 0 Å². The summed E-state index contributed by atoms with van der Waals surface area (Å²) in [5.41, 5.74) is 1.97. The first-order valence-corrected chi connectivity index (χ1v) is 9.42. The number of amides is 1. The highest BCUT2D eigenvalue weighted by Gasteiger charge is 2.28. The van der Waals surface area contributed by atoms with Gasteiger partial charge in [-0.2, -0.15) is 0 Å². The Kier molecular flexibility index (Phi) is 6.41. The summed E-state index contributed by atoms with van der Waals surface area (Å²) in [4.78, 5) is 28.6. The number of ether oxygens (including phenoxy) is 1. The Morgan fingerprint density at radius 2 is 1.89 bits per heavy atom. The molecule has 0 bridgehead atoms. The molecule has 6 heteroatoms. The van der Waals surface area contributed by atoms with Gasteiger partial charge in [0.2, 0.25) is 5.91 Å². The Labute approximate surface area is 164 Å². The van der Waals surface area contributed by atoms with Crippen molar-refractivity contribution < 1.29 is 18.7 Å². The Bertz CT molecular complexity index is 838. The smallest absolute Gasteiger partial charge is 0.339 e. The van der Waals surface area contributed by atoms with E-state index >= 15 is 0 Å². The molecule has 0 N–H and O–H groups in total. The molecule has 0 saturated carbocycles. The van der Waals surface area contributed by atoms with E-state index in [-0.39, 0.29) is 24.3 Å². The maximum atomic E-state index is 13.1. The van der Waals surface area contributed by atoms with Gasteiger partial charge in [-0.1, -0.05) is 24.3 Å². The van der Waals surface area contributed by atoms with E-state index in [9.17, 15) is 14.0 Å². The van der Waals surface area contributed by atoms with Crippen LogP contribution in [0.4, 0.5) is 10.1 Å². The van der Waals surface area contributed by atoms with Crippen LogP contribution in [0.5, 0.6) is 0 Å². The van der Waals surface area contributed by atoms with Gasteiger partial charge < -0.3 is 9.64 Å². The number of hydrogen-bond donors (Lipinski definition) is 0. The Hall–Kier alpha value is -2.73. The standard InChI is InChI=1S/C22H25FN2O3/c1-24(20-8-4-3-7-19(20)22(27)28-2)21(26)15-25-13-5-6-18(25)14-16-9-11-17(23)12-10-16/h3-4,7-12,18H,5-6,13-15H2,1-2H3. The van der Waals surface area contributed by atoms with Gasteiger partial charge in [0.05, 0.1) is 24.9 Å². The molecule has 5 nitrogen and oxygen atoms in total. The number of anilines is 1. The normalized spacial score (nSPS) is 16.8. The number of methoxy groups -OCH3 is 1. The number of benzene rings is 2. The lowest BCUT2D eigenvalue weighted by molar-refractivity contribution is -0.119. The quantitative estimate of drug-likeness (QED) is 0.718. The van der Waals surface area contributed by atoms with Crippen LogP contribution in [0, 0.1) is 5.82 Å². The van der Waals surface area contributed by atoms with Crippen molar-refractivity contribution in [3.63, 3.8) is 0 Å². The molecule has 1 aliphatic rings. The lowest BCUT2D eigenvalue weighted by Crippen LogP contribution is -2.41. The van der Waals surface area contributed by atoms with Gasteiger partial charge in [-0.25, -0.2) is 9.18 Å². The van der Waals surface area contributed by atoms with Crippen molar-refractivity contribution in [2.24, 2.45) is 0 Å². The number of likely N-dealkylation sites (tertiary alicyclic amines) is 1. The number of carbonyl (C=O) groups excluding carboxylic acids is 2. The minimum atomic E-state index is -0.467. The lowest BCUT2D eigenvalue weighted by atomic mass is 10.0. The van der Waals surface area contributed by atoms with Gasteiger partial charge >= 0.3 is 5.97 Å². The second-order valence-corrected chi connectivity index (χ2v) is 7.06. The number of esters is 1. The number of hydrogen-bond acceptors (Lipinski definition) is 4. The lowest BCUT2D eigenvalue weighted by Gasteiger charge is -2.27. The molecule has 1 saturated heterocycles. The molecule has 0 aromatic heterocycles. The zero-order valence-corrected chi connectivity index (χ0v) is 16.2. The van der Waals surface area contributed by atoms with Crippen molar-refractivity contribution in [2.45, 2.75) is 25.3 Å². The summed E-state index contributed by atoms with van der Waals surface area (Å²) in [7, 11) is 3.00. The molecule has 28 heavy (non-hydrogen) atoms. The largest absolute Gasteiger partial charge is 0.465 e. The fraction of sp³-hybridized carbons (Fsp3) is 0.364. The van der Waals surface area contributed by atoms with Crippen molar-refractivity contribution in [1.29, 1.82) is 0 Å². The predicted molar refractivity (Wildman–Crippen MR) is 106 cm³/mol. The molecule has 0 aliphatic carbocycles. The monoisotopic (exact) mass is 384 g/mol. The minimum Gasteiger partial charge on any atom is -0.465 e. The maximum absolute atomic E-state index is 13.1. The molecular weight excluding hydrogens is 359 g/mol. The summed E-state index contributed by atoms with van der Waals surface area (Å²) < 4.78 is 17.9. The molecule has 1 amide bonds. The first-order chi connectivity index (χ1) is 13.5. The molecule has 1 heterocycles. The molecule has 0 radical (unpaired) electrons. The van der Waals surface area contributed by atoms with Crippen molar-refractivity contribution in [3.05, 3.63) is 65.5 Å². The molecule has 1 atom stereocenters. The topological polar surface area (TPSA) is 49.9 Å². The highest BCUT2D eigenvalue weighted by Crippen LogP contribution is 2.24. The van der Waals surface area contributed by atoms with Crippen LogP contribution in [-0.2, 0) is 16.0 Å². The second kappa shape index (κ2) is 8.97.